The molecule has 1 aliphatic heterocycles. The van der Waals surface area contributed by atoms with Crippen molar-refractivity contribution in [2.45, 2.75) is 37.0 Å². The predicted molar refractivity (Wildman–Crippen MR) is 61.2 cm³/mol. The van der Waals surface area contributed by atoms with E-state index in [1.54, 1.807) is 0 Å². The Morgan fingerprint density at radius 3 is 2.19 bits per heavy atom. The molecule has 0 radical (unpaired) electrons. The normalized spacial score (nSPS) is 23.6. The zero-order valence-electron chi connectivity index (χ0n) is 10.5. The fraction of sp³-hybridized carbons (Fsp3) is 0.462. The molecule has 0 saturated heterocycles. The smallest absolute Gasteiger partial charge is 0.421 e. The fourth-order valence-electron chi connectivity index (χ4n) is 2.42. The Bertz CT molecular complexity index is 636. The number of carbonyl (C=O) groups excluding carboxylic acids is 1. The Balaban J connectivity index is 2.02. The SMILES string of the molecule is O=C=NC1(c2ccc3c(c2)OC(F)(F)C(F)(F)O3)CCC1. The van der Waals surface area contributed by atoms with Crippen LogP contribution < -0.4 is 9.47 Å². The molecule has 1 heterocycles. The molecule has 2 aliphatic rings. The van der Waals surface area contributed by atoms with Crippen LogP contribution in [0, 0.1) is 0 Å². The second kappa shape index (κ2) is 4.21. The van der Waals surface area contributed by atoms with E-state index in [-0.39, 0.29) is 0 Å². The molecule has 1 fully saturated rings. The number of hydrogen-bond acceptors (Lipinski definition) is 4. The molecule has 1 aromatic rings. The first-order chi connectivity index (χ1) is 9.80. The molecule has 0 unspecified atom stereocenters. The summed E-state index contributed by atoms with van der Waals surface area (Å²) in [6.07, 6.45) is -6.14. The maximum absolute atomic E-state index is 13.2. The number of rotatable bonds is 2. The molecule has 0 amide bonds. The van der Waals surface area contributed by atoms with Gasteiger partial charge in [-0.1, -0.05) is 6.07 Å². The monoisotopic (exact) mass is 303 g/mol. The van der Waals surface area contributed by atoms with Crippen LogP contribution in [-0.4, -0.2) is 18.3 Å². The first-order valence-corrected chi connectivity index (χ1v) is 6.17. The standard InChI is InChI=1S/C13H9F4NO3/c14-12(15)13(16,17)21-10-6-8(2-3-9(10)20-12)11(18-7-19)4-1-5-11/h2-3,6H,1,4-5H2. The quantitative estimate of drug-likeness (QED) is 0.478. The average molecular weight is 303 g/mol. The van der Waals surface area contributed by atoms with Gasteiger partial charge in [-0.3, -0.25) is 0 Å². The van der Waals surface area contributed by atoms with Crippen molar-refractivity contribution in [3.05, 3.63) is 23.8 Å². The van der Waals surface area contributed by atoms with Gasteiger partial charge in [-0.05, 0) is 37.0 Å². The third kappa shape index (κ3) is 1.98. The highest BCUT2D eigenvalue weighted by Crippen LogP contribution is 2.51. The number of fused-ring (bicyclic) bond motifs is 1. The average Bonchev–Trinajstić information content (AvgIpc) is 2.34. The lowest BCUT2D eigenvalue weighted by Gasteiger charge is -2.38. The van der Waals surface area contributed by atoms with Gasteiger partial charge in [0.1, 0.15) is 0 Å². The Hall–Kier alpha value is -2.08. The van der Waals surface area contributed by atoms with Crippen molar-refractivity contribution in [3.8, 4) is 11.5 Å². The summed E-state index contributed by atoms with van der Waals surface area (Å²) in [5.41, 5.74) is -0.407. The number of ether oxygens (including phenoxy) is 2. The summed E-state index contributed by atoms with van der Waals surface area (Å²) in [5, 5.41) is 0. The summed E-state index contributed by atoms with van der Waals surface area (Å²) in [6.45, 7) is 0. The van der Waals surface area contributed by atoms with Crippen molar-refractivity contribution in [1.82, 2.24) is 0 Å². The van der Waals surface area contributed by atoms with Gasteiger partial charge in [0.2, 0.25) is 6.08 Å². The van der Waals surface area contributed by atoms with E-state index in [0.29, 0.717) is 18.4 Å². The Kier molecular flexibility index (Phi) is 2.78. The molecule has 8 heteroatoms. The molecule has 0 bridgehead atoms. The zero-order valence-corrected chi connectivity index (χ0v) is 10.5. The van der Waals surface area contributed by atoms with E-state index < -0.39 is 29.3 Å². The molecule has 112 valence electrons. The number of halogens is 4. The Morgan fingerprint density at radius 1 is 1.05 bits per heavy atom. The Labute approximate surface area is 116 Å². The summed E-state index contributed by atoms with van der Waals surface area (Å²) >= 11 is 0. The number of isocyanates is 1. The number of nitrogens with zero attached hydrogens (tertiary/aromatic N) is 1. The number of alkyl halides is 4. The van der Waals surface area contributed by atoms with Crippen molar-refractivity contribution < 1.29 is 31.8 Å². The fourth-order valence-corrected chi connectivity index (χ4v) is 2.42. The molecule has 0 aromatic heterocycles. The van der Waals surface area contributed by atoms with Crippen LogP contribution >= 0.6 is 0 Å². The highest BCUT2D eigenvalue weighted by Gasteiger charge is 2.66. The summed E-state index contributed by atoms with van der Waals surface area (Å²) in [4.78, 5) is 14.2. The van der Waals surface area contributed by atoms with Gasteiger partial charge in [-0.15, -0.1) is 0 Å². The predicted octanol–water partition coefficient (Wildman–Crippen LogP) is 3.36. The molecule has 21 heavy (non-hydrogen) atoms. The third-order valence-electron chi connectivity index (χ3n) is 3.74. The van der Waals surface area contributed by atoms with Crippen molar-refractivity contribution >= 4 is 6.08 Å². The largest absolute Gasteiger partial charge is 0.507 e. The molecule has 0 atom stereocenters. The van der Waals surface area contributed by atoms with E-state index in [0.717, 1.165) is 18.6 Å². The first-order valence-electron chi connectivity index (χ1n) is 6.17. The van der Waals surface area contributed by atoms with Crippen LogP contribution in [0.15, 0.2) is 23.2 Å². The molecule has 1 saturated carbocycles. The second-order valence-corrected chi connectivity index (χ2v) is 4.99. The maximum atomic E-state index is 13.2. The van der Waals surface area contributed by atoms with Crippen LogP contribution in [0.2, 0.25) is 0 Å². The van der Waals surface area contributed by atoms with Crippen LogP contribution in [0.5, 0.6) is 11.5 Å². The van der Waals surface area contributed by atoms with E-state index in [4.69, 9.17) is 0 Å². The highest BCUT2D eigenvalue weighted by atomic mass is 19.3. The van der Waals surface area contributed by atoms with E-state index in [9.17, 15) is 22.4 Å². The second-order valence-electron chi connectivity index (χ2n) is 4.99. The molecule has 0 spiro atoms. The van der Waals surface area contributed by atoms with E-state index in [1.165, 1.54) is 12.1 Å². The van der Waals surface area contributed by atoms with Gasteiger partial charge in [0.05, 0.1) is 5.54 Å². The first kappa shape index (κ1) is 13.9. The van der Waals surface area contributed by atoms with Crippen molar-refractivity contribution in [3.63, 3.8) is 0 Å². The molecule has 1 aromatic carbocycles. The maximum Gasteiger partial charge on any atom is 0.507 e. The minimum Gasteiger partial charge on any atom is -0.421 e. The van der Waals surface area contributed by atoms with Crippen LogP contribution in [0.1, 0.15) is 24.8 Å². The van der Waals surface area contributed by atoms with Crippen LogP contribution in [0.4, 0.5) is 17.6 Å². The van der Waals surface area contributed by atoms with E-state index >= 15 is 0 Å². The van der Waals surface area contributed by atoms with Crippen molar-refractivity contribution in [2.75, 3.05) is 0 Å². The van der Waals surface area contributed by atoms with Gasteiger partial charge >= 0.3 is 12.2 Å². The van der Waals surface area contributed by atoms with Gasteiger partial charge in [0.25, 0.3) is 0 Å². The Morgan fingerprint density at radius 2 is 1.67 bits per heavy atom. The van der Waals surface area contributed by atoms with Gasteiger partial charge in [0, 0.05) is 0 Å². The lowest BCUT2D eigenvalue weighted by molar-refractivity contribution is -0.391. The van der Waals surface area contributed by atoms with Gasteiger partial charge in [0.15, 0.2) is 11.5 Å². The number of aliphatic imine (C=N–C) groups is 1. The van der Waals surface area contributed by atoms with Crippen LogP contribution in [0.25, 0.3) is 0 Å². The van der Waals surface area contributed by atoms with Crippen LogP contribution in [-0.2, 0) is 10.3 Å². The zero-order chi connectivity index (χ0) is 15.3. The van der Waals surface area contributed by atoms with E-state index in [1.807, 2.05) is 0 Å². The molecule has 0 N–H and O–H groups in total. The minimum absolute atomic E-state index is 0.431. The lowest BCUT2D eigenvalue weighted by Crippen LogP contribution is -2.52. The molecular weight excluding hydrogens is 294 g/mol. The van der Waals surface area contributed by atoms with E-state index in [2.05, 4.69) is 14.5 Å². The molecule has 1 aliphatic carbocycles. The van der Waals surface area contributed by atoms with Crippen LogP contribution in [0.3, 0.4) is 0 Å². The summed E-state index contributed by atoms with van der Waals surface area (Å²) in [5.74, 6) is -0.991. The molecule has 4 nitrogen and oxygen atoms in total. The molecule has 3 rings (SSSR count). The summed E-state index contributed by atoms with van der Waals surface area (Å²) < 4.78 is 60.4. The number of hydrogen-bond donors (Lipinski definition) is 0. The third-order valence-corrected chi connectivity index (χ3v) is 3.74. The summed E-state index contributed by atoms with van der Waals surface area (Å²) in [6, 6.07) is 3.66. The van der Waals surface area contributed by atoms with Crippen molar-refractivity contribution in [2.24, 2.45) is 4.99 Å². The van der Waals surface area contributed by atoms with Crippen molar-refractivity contribution in [1.29, 1.82) is 0 Å². The topological polar surface area (TPSA) is 47.9 Å². The van der Waals surface area contributed by atoms with Gasteiger partial charge in [-0.25, -0.2) is 4.79 Å². The summed E-state index contributed by atoms with van der Waals surface area (Å²) in [7, 11) is 0. The van der Waals surface area contributed by atoms with Gasteiger partial charge < -0.3 is 9.47 Å². The number of benzene rings is 1. The lowest BCUT2D eigenvalue weighted by atomic mass is 9.72. The van der Waals surface area contributed by atoms with Gasteiger partial charge in [-0.2, -0.15) is 22.6 Å². The highest BCUT2D eigenvalue weighted by molar-refractivity contribution is 5.48. The minimum atomic E-state index is -4.76. The molecular formula is C13H9F4NO3.